The van der Waals surface area contributed by atoms with Gasteiger partial charge in [-0.15, -0.1) is 0 Å². The summed E-state index contributed by atoms with van der Waals surface area (Å²) >= 11 is 0. The SMILES string of the molecule is Cc1c(C(=O)O)cnn1C1CCN(C(=O)c2cnn(CC(C)C)c2C2CC2)CC1. The molecule has 1 amide bonds. The third-order valence-corrected chi connectivity index (χ3v) is 5.99. The predicted octanol–water partition coefficient (Wildman–Crippen LogP) is 3.10. The topological polar surface area (TPSA) is 93.2 Å². The quantitative estimate of drug-likeness (QED) is 0.806. The molecule has 2 aromatic rings. The smallest absolute Gasteiger partial charge is 0.339 e. The van der Waals surface area contributed by atoms with E-state index in [0.29, 0.717) is 30.6 Å². The lowest BCUT2D eigenvalue weighted by molar-refractivity contribution is 0.0686. The van der Waals surface area contributed by atoms with E-state index >= 15 is 0 Å². The zero-order valence-electron chi connectivity index (χ0n) is 17.3. The van der Waals surface area contributed by atoms with E-state index in [4.69, 9.17) is 0 Å². The van der Waals surface area contributed by atoms with E-state index in [-0.39, 0.29) is 17.5 Å². The maximum absolute atomic E-state index is 13.2. The Bertz CT molecular complexity index is 917. The van der Waals surface area contributed by atoms with Crippen LogP contribution in [0.4, 0.5) is 0 Å². The van der Waals surface area contributed by atoms with Gasteiger partial charge in [-0.05, 0) is 38.5 Å². The fraction of sp³-hybridized carbons (Fsp3) is 0.619. The number of aromatic carboxylic acids is 1. The highest BCUT2D eigenvalue weighted by Gasteiger charge is 2.35. The average Bonchev–Trinajstić information content (AvgIpc) is 3.32. The Morgan fingerprint density at radius 3 is 2.31 bits per heavy atom. The van der Waals surface area contributed by atoms with Gasteiger partial charge in [-0.25, -0.2) is 4.79 Å². The highest BCUT2D eigenvalue weighted by Crippen LogP contribution is 2.42. The summed E-state index contributed by atoms with van der Waals surface area (Å²) in [6, 6.07) is 0.124. The molecule has 8 heteroatoms. The summed E-state index contributed by atoms with van der Waals surface area (Å²) in [5.41, 5.74) is 2.79. The molecular formula is C21H29N5O3. The molecule has 8 nitrogen and oxygen atoms in total. The van der Waals surface area contributed by atoms with Crippen LogP contribution < -0.4 is 0 Å². The van der Waals surface area contributed by atoms with E-state index in [1.54, 1.807) is 13.1 Å². The number of carboxylic acids is 1. The average molecular weight is 399 g/mol. The van der Waals surface area contributed by atoms with E-state index in [2.05, 4.69) is 24.0 Å². The van der Waals surface area contributed by atoms with Crippen LogP contribution in [-0.4, -0.2) is 54.5 Å². The van der Waals surface area contributed by atoms with Gasteiger partial charge in [0.05, 0.1) is 35.4 Å². The van der Waals surface area contributed by atoms with Crippen molar-refractivity contribution >= 4 is 11.9 Å². The predicted molar refractivity (Wildman–Crippen MR) is 107 cm³/mol. The van der Waals surface area contributed by atoms with Crippen molar-refractivity contribution in [2.24, 2.45) is 5.92 Å². The van der Waals surface area contributed by atoms with E-state index in [0.717, 1.165) is 43.5 Å². The van der Waals surface area contributed by atoms with Gasteiger partial charge in [0.25, 0.3) is 5.91 Å². The molecule has 156 valence electrons. The van der Waals surface area contributed by atoms with Crippen LogP contribution in [0.15, 0.2) is 12.4 Å². The van der Waals surface area contributed by atoms with Crippen LogP contribution in [-0.2, 0) is 6.54 Å². The second-order valence-corrected chi connectivity index (χ2v) is 8.71. The van der Waals surface area contributed by atoms with Crippen LogP contribution in [0, 0.1) is 12.8 Å². The number of likely N-dealkylation sites (tertiary alicyclic amines) is 1. The van der Waals surface area contributed by atoms with E-state index in [1.807, 2.05) is 14.3 Å². The third kappa shape index (κ3) is 3.80. The summed E-state index contributed by atoms with van der Waals surface area (Å²) in [6.07, 6.45) is 6.98. The number of carbonyl (C=O) groups excluding carboxylic acids is 1. The maximum atomic E-state index is 13.2. The van der Waals surface area contributed by atoms with Crippen LogP contribution >= 0.6 is 0 Å². The fourth-order valence-electron chi connectivity index (χ4n) is 4.32. The standard InChI is InChI=1S/C21H29N5O3/c1-13(2)12-25-19(15-4-5-15)18(11-22-25)20(27)24-8-6-16(7-9-24)26-14(3)17(10-23-26)21(28)29/h10-11,13,15-16H,4-9,12H2,1-3H3,(H,28,29). The van der Waals surface area contributed by atoms with Gasteiger partial charge in [-0.1, -0.05) is 13.8 Å². The number of amides is 1. The molecule has 0 radical (unpaired) electrons. The van der Waals surface area contributed by atoms with Gasteiger partial charge in [0, 0.05) is 25.6 Å². The van der Waals surface area contributed by atoms with Crippen molar-refractivity contribution in [1.29, 1.82) is 0 Å². The van der Waals surface area contributed by atoms with Crippen LogP contribution in [0.25, 0.3) is 0 Å². The molecule has 1 aliphatic carbocycles. The van der Waals surface area contributed by atoms with Crippen LogP contribution in [0.1, 0.15) is 83.6 Å². The lowest BCUT2D eigenvalue weighted by Crippen LogP contribution is -2.39. The minimum Gasteiger partial charge on any atom is -0.478 e. The number of hydrogen-bond acceptors (Lipinski definition) is 4. The van der Waals surface area contributed by atoms with Crippen molar-refractivity contribution in [3.63, 3.8) is 0 Å². The van der Waals surface area contributed by atoms with Crippen LogP contribution in [0.3, 0.4) is 0 Å². The van der Waals surface area contributed by atoms with Crippen LogP contribution in [0.2, 0.25) is 0 Å². The fourth-order valence-corrected chi connectivity index (χ4v) is 4.32. The highest BCUT2D eigenvalue weighted by atomic mass is 16.4. The summed E-state index contributed by atoms with van der Waals surface area (Å²) in [6.45, 7) is 8.25. The molecule has 0 bridgehead atoms. The Morgan fingerprint density at radius 1 is 1.10 bits per heavy atom. The number of aromatic nitrogens is 4. The number of carboxylic acid groups (broad SMARTS) is 1. The first kappa shape index (κ1) is 19.7. The van der Waals surface area contributed by atoms with Gasteiger partial charge < -0.3 is 10.0 Å². The zero-order valence-corrected chi connectivity index (χ0v) is 17.3. The molecular weight excluding hydrogens is 370 g/mol. The van der Waals surface area contributed by atoms with Crippen molar-refractivity contribution in [1.82, 2.24) is 24.5 Å². The van der Waals surface area contributed by atoms with Crippen molar-refractivity contribution in [2.75, 3.05) is 13.1 Å². The molecule has 2 fully saturated rings. The first-order valence-corrected chi connectivity index (χ1v) is 10.5. The lowest BCUT2D eigenvalue weighted by Gasteiger charge is -2.32. The number of carbonyl (C=O) groups is 2. The van der Waals surface area contributed by atoms with Gasteiger partial charge in [-0.2, -0.15) is 10.2 Å². The lowest BCUT2D eigenvalue weighted by atomic mass is 10.0. The molecule has 3 heterocycles. The summed E-state index contributed by atoms with van der Waals surface area (Å²) in [4.78, 5) is 26.4. The Balaban J connectivity index is 1.46. The second kappa shape index (κ2) is 7.65. The minimum absolute atomic E-state index is 0.0729. The van der Waals surface area contributed by atoms with Gasteiger partial charge in [0.1, 0.15) is 5.56 Å². The van der Waals surface area contributed by atoms with Gasteiger partial charge in [-0.3, -0.25) is 14.2 Å². The second-order valence-electron chi connectivity index (χ2n) is 8.71. The first-order chi connectivity index (χ1) is 13.9. The van der Waals surface area contributed by atoms with Crippen LogP contribution in [0.5, 0.6) is 0 Å². The molecule has 1 saturated heterocycles. The third-order valence-electron chi connectivity index (χ3n) is 5.99. The molecule has 0 unspecified atom stereocenters. The van der Waals surface area contributed by atoms with E-state index < -0.39 is 5.97 Å². The normalized spacial score (nSPS) is 17.9. The molecule has 1 saturated carbocycles. The molecule has 1 aliphatic heterocycles. The molecule has 2 aromatic heterocycles. The van der Waals surface area contributed by atoms with Crippen molar-refractivity contribution in [3.05, 3.63) is 34.9 Å². The van der Waals surface area contributed by atoms with E-state index in [9.17, 15) is 14.7 Å². The number of piperidine rings is 1. The molecule has 0 atom stereocenters. The summed E-state index contributed by atoms with van der Waals surface area (Å²) in [5, 5.41) is 18.0. The maximum Gasteiger partial charge on any atom is 0.339 e. The monoisotopic (exact) mass is 399 g/mol. The van der Waals surface area contributed by atoms with Crippen molar-refractivity contribution in [3.8, 4) is 0 Å². The molecule has 1 N–H and O–H groups in total. The number of hydrogen-bond donors (Lipinski definition) is 1. The molecule has 4 rings (SSSR count). The van der Waals surface area contributed by atoms with E-state index in [1.165, 1.54) is 6.20 Å². The molecule has 2 aliphatic rings. The Morgan fingerprint density at radius 2 is 1.76 bits per heavy atom. The van der Waals surface area contributed by atoms with Crippen molar-refractivity contribution in [2.45, 2.75) is 65.0 Å². The molecule has 0 aromatic carbocycles. The summed E-state index contributed by atoms with van der Waals surface area (Å²) < 4.78 is 3.84. The highest BCUT2D eigenvalue weighted by molar-refractivity contribution is 5.95. The molecule has 0 spiro atoms. The Hall–Kier alpha value is -2.64. The summed E-state index contributed by atoms with van der Waals surface area (Å²) in [7, 11) is 0. The Kier molecular flexibility index (Phi) is 5.19. The molecule has 29 heavy (non-hydrogen) atoms. The number of rotatable bonds is 6. The zero-order chi connectivity index (χ0) is 20.7. The first-order valence-electron chi connectivity index (χ1n) is 10.5. The largest absolute Gasteiger partial charge is 0.478 e. The van der Waals surface area contributed by atoms with Gasteiger partial charge in [0.15, 0.2) is 0 Å². The Labute approximate surface area is 170 Å². The van der Waals surface area contributed by atoms with Crippen molar-refractivity contribution < 1.29 is 14.7 Å². The van der Waals surface area contributed by atoms with Gasteiger partial charge in [0.2, 0.25) is 0 Å². The number of nitrogens with zero attached hydrogens (tertiary/aromatic N) is 5. The summed E-state index contributed by atoms with van der Waals surface area (Å²) in [5.74, 6) is 0.0733. The minimum atomic E-state index is -0.952. The van der Waals surface area contributed by atoms with Gasteiger partial charge >= 0.3 is 5.97 Å².